The lowest BCUT2D eigenvalue weighted by Gasteiger charge is -2.41. The van der Waals surface area contributed by atoms with Gasteiger partial charge >= 0.3 is 0 Å². The molecule has 0 saturated carbocycles. The van der Waals surface area contributed by atoms with E-state index >= 15 is 0 Å². The number of aromatic nitrogens is 2. The average molecular weight is 386 g/mol. The van der Waals surface area contributed by atoms with E-state index in [1.165, 1.54) is 0 Å². The van der Waals surface area contributed by atoms with Gasteiger partial charge in [0.25, 0.3) is 5.91 Å². The predicted molar refractivity (Wildman–Crippen MR) is 97.2 cm³/mol. The minimum Gasteiger partial charge on any atom is -0.497 e. The number of piperidine rings is 1. The number of hydrogen-bond donors (Lipinski definition) is 1. The van der Waals surface area contributed by atoms with Gasteiger partial charge in [0.1, 0.15) is 28.5 Å². The van der Waals surface area contributed by atoms with Crippen LogP contribution in [0.25, 0.3) is 0 Å². The van der Waals surface area contributed by atoms with Gasteiger partial charge in [-0.15, -0.1) is 0 Å². The molecule has 1 saturated heterocycles. The number of carbonyl (C=O) groups excluding carboxylic acids is 2. The zero-order valence-corrected chi connectivity index (χ0v) is 15.9. The first kappa shape index (κ1) is 18.3. The summed E-state index contributed by atoms with van der Waals surface area (Å²) in [6.45, 7) is 3.24. The van der Waals surface area contributed by atoms with Crippen molar-refractivity contribution in [1.82, 2.24) is 20.5 Å². The predicted octanol–water partition coefficient (Wildman–Crippen LogP) is 1.11. The molecule has 2 aromatic rings. The second kappa shape index (κ2) is 7.14. The maximum absolute atomic E-state index is 12.6. The van der Waals surface area contributed by atoms with Crippen LogP contribution in [0.4, 0.5) is 0 Å². The van der Waals surface area contributed by atoms with Gasteiger partial charge in [-0.05, 0) is 19.1 Å². The van der Waals surface area contributed by atoms with Crippen LogP contribution in [0.15, 0.2) is 22.8 Å². The molecule has 1 spiro atoms. The Morgan fingerprint density at radius 1 is 1.32 bits per heavy atom. The number of likely N-dealkylation sites (tertiary alicyclic amines) is 1. The Morgan fingerprint density at radius 2 is 2.11 bits per heavy atom. The molecular weight excluding hydrogens is 364 g/mol. The number of benzene rings is 1. The van der Waals surface area contributed by atoms with E-state index in [9.17, 15) is 9.59 Å². The molecule has 9 heteroatoms. The van der Waals surface area contributed by atoms with E-state index in [1.807, 2.05) is 0 Å². The van der Waals surface area contributed by atoms with E-state index in [0.29, 0.717) is 60.9 Å². The number of ether oxygens (including phenoxy) is 2. The summed E-state index contributed by atoms with van der Waals surface area (Å²) in [5.74, 6) is 0.960. The van der Waals surface area contributed by atoms with Crippen molar-refractivity contribution in [3.8, 4) is 11.5 Å². The first-order valence-electron chi connectivity index (χ1n) is 9.21. The van der Waals surface area contributed by atoms with Crippen molar-refractivity contribution in [3.05, 3.63) is 35.2 Å². The molecule has 0 aliphatic carbocycles. The Morgan fingerprint density at radius 3 is 2.79 bits per heavy atom. The molecule has 1 fully saturated rings. The molecule has 0 bridgehead atoms. The van der Waals surface area contributed by atoms with Crippen molar-refractivity contribution >= 4 is 11.8 Å². The van der Waals surface area contributed by atoms with Gasteiger partial charge < -0.3 is 19.7 Å². The number of amides is 2. The fourth-order valence-corrected chi connectivity index (χ4v) is 3.61. The molecule has 4 rings (SSSR count). The summed E-state index contributed by atoms with van der Waals surface area (Å²) in [4.78, 5) is 26.8. The second-order valence-corrected chi connectivity index (χ2v) is 7.18. The Bertz CT molecular complexity index is 901. The molecule has 148 valence electrons. The Balaban J connectivity index is 1.46. The third-order valence-corrected chi connectivity index (χ3v) is 5.42. The number of fused-ring (bicyclic) bond motifs is 1. The first-order chi connectivity index (χ1) is 13.5. The molecule has 28 heavy (non-hydrogen) atoms. The summed E-state index contributed by atoms with van der Waals surface area (Å²) in [6, 6.07) is 5.18. The average Bonchev–Trinajstić information content (AvgIpc) is 3.05. The molecule has 0 atom stereocenters. The third-order valence-electron chi connectivity index (χ3n) is 5.42. The number of nitrogens with one attached hydrogen (secondary N) is 1. The van der Waals surface area contributed by atoms with Crippen molar-refractivity contribution < 1.29 is 23.7 Å². The van der Waals surface area contributed by atoms with E-state index in [4.69, 9.17) is 9.47 Å². The van der Waals surface area contributed by atoms with Gasteiger partial charge in [-0.2, -0.15) is 0 Å². The number of methoxy groups -OCH3 is 1. The van der Waals surface area contributed by atoms with Crippen LogP contribution in [-0.4, -0.2) is 59.4 Å². The molecule has 0 radical (unpaired) electrons. The summed E-state index contributed by atoms with van der Waals surface area (Å²) in [7, 11) is 1.57. The van der Waals surface area contributed by atoms with E-state index in [0.717, 1.165) is 0 Å². The smallest absolute Gasteiger partial charge is 0.255 e. The SMILES string of the molecule is COc1ccc2c(c1)OC1(CCN(C(=O)Cc3nonc3C)CC1)CNC2=O. The van der Waals surface area contributed by atoms with E-state index in [1.54, 1.807) is 37.1 Å². The van der Waals surface area contributed by atoms with Crippen molar-refractivity contribution in [2.24, 2.45) is 0 Å². The molecule has 3 heterocycles. The van der Waals surface area contributed by atoms with Gasteiger partial charge in [0.05, 0.1) is 25.6 Å². The topological polar surface area (TPSA) is 107 Å². The van der Waals surface area contributed by atoms with Crippen LogP contribution in [0.1, 0.15) is 34.6 Å². The van der Waals surface area contributed by atoms with Crippen molar-refractivity contribution in [3.63, 3.8) is 0 Å². The normalized spacial score (nSPS) is 18.1. The van der Waals surface area contributed by atoms with Crippen LogP contribution in [0.2, 0.25) is 0 Å². The van der Waals surface area contributed by atoms with E-state index < -0.39 is 5.60 Å². The standard InChI is InChI=1S/C19H22N4O5/c1-12-15(22-28-21-12)10-17(24)23-7-5-19(6-8-23)11-20-18(25)14-4-3-13(26-2)9-16(14)27-19/h3-4,9H,5-8,10-11H2,1-2H3,(H,20,25). The zero-order chi connectivity index (χ0) is 19.7. The monoisotopic (exact) mass is 386 g/mol. The van der Waals surface area contributed by atoms with Gasteiger partial charge in [0.15, 0.2) is 0 Å². The van der Waals surface area contributed by atoms with Crippen LogP contribution < -0.4 is 14.8 Å². The van der Waals surface area contributed by atoms with Crippen LogP contribution >= 0.6 is 0 Å². The van der Waals surface area contributed by atoms with Gasteiger partial charge in [0.2, 0.25) is 5.91 Å². The number of nitrogens with zero attached hydrogens (tertiary/aromatic N) is 3. The highest BCUT2D eigenvalue weighted by atomic mass is 16.6. The van der Waals surface area contributed by atoms with Crippen molar-refractivity contribution in [2.75, 3.05) is 26.7 Å². The highest BCUT2D eigenvalue weighted by Gasteiger charge is 2.41. The summed E-state index contributed by atoms with van der Waals surface area (Å²) >= 11 is 0. The summed E-state index contributed by atoms with van der Waals surface area (Å²) < 4.78 is 16.2. The number of hydrogen-bond acceptors (Lipinski definition) is 7. The molecule has 1 aromatic carbocycles. The van der Waals surface area contributed by atoms with Crippen LogP contribution in [0.3, 0.4) is 0 Å². The summed E-state index contributed by atoms with van der Waals surface area (Å²) in [6.07, 6.45) is 1.40. The minimum atomic E-state index is -0.546. The lowest BCUT2D eigenvalue weighted by atomic mass is 9.90. The lowest BCUT2D eigenvalue weighted by molar-refractivity contribution is -0.134. The van der Waals surface area contributed by atoms with Crippen LogP contribution in [0.5, 0.6) is 11.5 Å². The lowest BCUT2D eigenvalue weighted by Crippen LogP contribution is -2.54. The largest absolute Gasteiger partial charge is 0.497 e. The summed E-state index contributed by atoms with van der Waals surface area (Å²) in [5, 5.41) is 10.4. The van der Waals surface area contributed by atoms with Crippen LogP contribution in [-0.2, 0) is 11.2 Å². The molecule has 2 amide bonds. The Hall–Kier alpha value is -3.10. The fourth-order valence-electron chi connectivity index (χ4n) is 3.61. The third kappa shape index (κ3) is 3.39. The molecule has 1 aromatic heterocycles. The second-order valence-electron chi connectivity index (χ2n) is 7.18. The van der Waals surface area contributed by atoms with Gasteiger partial charge in [-0.25, -0.2) is 4.63 Å². The number of aryl methyl sites for hydroxylation is 1. The van der Waals surface area contributed by atoms with Crippen molar-refractivity contribution in [2.45, 2.75) is 31.8 Å². The molecular formula is C19H22N4O5. The summed E-state index contributed by atoms with van der Waals surface area (Å²) in [5.41, 5.74) is 1.13. The molecule has 9 nitrogen and oxygen atoms in total. The maximum atomic E-state index is 12.6. The fraction of sp³-hybridized carbons (Fsp3) is 0.474. The maximum Gasteiger partial charge on any atom is 0.255 e. The molecule has 2 aliphatic heterocycles. The highest BCUT2D eigenvalue weighted by Crippen LogP contribution is 2.35. The van der Waals surface area contributed by atoms with Crippen LogP contribution in [0, 0.1) is 6.92 Å². The zero-order valence-electron chi connectivity index (χ0n) is 15.9. The molecule has 2 aliphatic rings. The van der Waals surface area contributed by atoms with Gasteiger partial charge in [-0.1, -0.05) is 10.3 Å². The quantitative estimate of drug-likeness (QED) is 0.842. The number of carbonyl (C=O) groups is 2. The minimum absolute atomic E-state index is 0.0200. The Labute approximate surface area is 161 Å². The first-order valence-corrected chi connectivity index (χ1v) is 9.21. The number of rotatable bonds is 3. The van der Waals surface area contributed by atoms with E-state index in [-0.39, 0.29) is 18.2 Å². The Kier molecular flexibility index (Phi) is 4.66. The van der Waals surface area contributed by atoms with Gasteiger partial charge in [0, 0.05) is 32.0 Å². The molecule has 1 N–H and O–H groups in total. The van der Waals surface area contributed by atoms with Gasteiger partial charge in [-0.3, -0.25) is 9.59 Å². The molecule has 0 unspecified atom stereocenters. The highest BCUT2D eigenvalue weighted by molar-refractivity contribution is 5.97. The van der Waals surface area contributed by atoms with Crippen molar-refractivity contribution in [1.29, 1.82) is 0 Å². The van der Waals surface area contributed by atoms with E-state index in [2.05, 4.69) is 20.3 Å².